The predicted octanol–water partition coefficient (Wildman–Crippen LogP) is 3.28. The molecular weight excluding hydrogens is 250 g/mol. The summed E-state index contributed by atoms with van der Waals surface area (Å²) < 4.78 is 11.4. The van der Waals surface area contributed by atoms with Gasteiger partial charge in [0.1, 0.15) is 12.4 Å². The first-order valence-electron chi connectivity index (χ1n) is 7.97. The highest BCUT2D eigenvalue weighted by atomic mass is 16.5. The smallest absolute Gasteiger partial charge is 0.119 e. The van der Waals surface area contributed by atoms with Crippen LogP contribution in [0.2, 0.25) is 0 Å². The van der Waals surface area contributed by atoms with Crippen molar-refractivity contribution in [3.05, 3.63) is 29.8 Å². The van der Waals surface area contributed by atoms with Gasteiger partial charge < -0.3 is 14.8 Å². The molecular formula is C17H25NO2. The molecule has 110 valence electrons. The summed E-state index contributed by atoms with van der Waals surface area (Å²) in [6.07, 6.45) is 7.99. The molecule has 3 nitrogen and oxygen atoms in total. The van der Waals surface area contributed by atoms with Crippen molar-refractivity contribution in [1.82, 2.24) is 5.32 Å². The van der Waals surface area contributed by atoms with Gasteiger partial charge in [-0.05, 0) is 43.4 Å². The highest BCUT2D eigenvalue weighted by Gasteiger charge is 2.16. The zero-order valence-corrected chi connectivity index (χ0v) is 12.1. The van der Waals surface area contributed by atoms with E-state index in [0.29, 0.717) is 12.6 Å². The third-order valence-corrected chi connectivity index (χ3v) is 4.31. The van der Waals surface area contributed by atoms with E-state index >= 15 is 0 Å². The van der Waals surface area contributed by atoms with Gasteiger partial charge in [0.2, 0.25) is 0 Å². The minimum Gasteiger partial charge on any atom is -0.491 e. The van der Waals surface area contributed by atoms with Crippen molar-refractivity contribution in [2.24, 2.45) is 0 Å². The molecule has 0 amide bonds. The summed E-state index contributed by atoms with van der Waals surface area (Å²) in [5.41, 5.74) is 1.31. The Hall–Kier alpha value is -1.06. The number of nitrogens with one attached hydrogen (secondary N) is 1. The lowest BCUT2D eigenvalue weighted by Crippen LogP contribution is -2.25. The van der Waals surface area contributed by atoms with Gasteiger partial charge in [0.15, 0.2) is 0 Å². The van der Waals surface area contributed by atoms with Crippen LogP contribution in [0.3, 0.4) is 0 Å². The molecule has 1 aliphatic heterocycles. The Kier molecular flexibility index (Phi) is 4.93. The van der Waals surface area contributed by atoms with Crippen LogP contribution < -0.4 is 10.1 Å². The molecule has 1 unspecified atom stereocenters. The van der Waals surface area contributed by atoms with E-state index in [2.05, 4.69) is 23.5 Å². The molecule has 3 heteroatoms. The SMILES string of the molecule is c1cc(CNC2CCCC2)cc(OCC2CCCO2)c1. The summed E-state index contributed by atoms with van der Waals surface area (Å²) >= 11 is 0. The summed E-state index contributed by atoms with van der Waals surface area (Å²) in [7, 11) is 0. The number of hydrogen-bond donors (Lipinski definition) is 1. The molecule has 0 bridgehead atoms. The van der Waals surface area contributed by atoms with E-state index in [1.165, 1.54) is 37.7 Å². The second-order valence-corrected chi connectivity index (χ2v) is 5.96. The van der Waals surface area contributed by atoms with E-state index in [1.807, 2.05) is 6.07 Å². The molecule has 2 fully saturated rings. The normalized spacial score (nSPS) is 23.3. The van der Waals surface area contributed by atoms with Gasteiger partial charge in [0.25, 0.3) is 0 Å². The first kappa shape index (κ1) is 13.9. The van der Waals surface area contributed by atoms with Gasteiger partial charge in [-0.25, -0.2) is 0 Å². The molecule has 1 saturated carbocycles. The summed E-state index contributed by atoms with van der Waals surface area (Å²) in [6, 6.07) is 9.15. The Morgan fingerprint density at radius 3 is 2.85 bits per heavy atom. The molecule has 1 aromatic carbocycles. The number of benzene rings is 1. The van der Waals surface area contributed by atoms with E-state index in [1.54, 1.807) is 0 Å². The van der Waals surface area contributed by atoms with E-state index in [4.69, 9.17) is 9.47 Å². The van der Waals surface area contributed by atoms with Crippen LogP contribution >= 0.6 is 0 Å². The third kappa shape index (κ3) is 3.97. The van der Waals surface area contributed by atoms with Crippen LogP contribution in [0.1, 0.15) is 44.1 Å². The molecule has 0 aromatic heterocycles. The maximum Gasteiger partial charge on any atom is 0.119 e. The average Bonchev–Trinajstić information content (AvgIpc) is 3.17. The van der Waals surface area contributed by atoms with Crippen LogP contribution in [0.5, 0.6) is 5.75 Å². The van der Waals surface area contributed by atoms with E-state index in [0.717, 1.165) is 25.3 Å². The van der Waals surface area contributed by atoms with Gasteiger partial charge in [-0.15, -0.1) is 0 Å². The summed E-state index contributed by atoms with van der Waals surface area (Å²) in [6.45, 7) is 2.51. The fraction of sp³-hybridized carbons (Fsp3) is 0.647. The molecule has 3 rings (SSSR count). The quantitative estimate of drug-likeness (QED) is 0.864. The molecule has 1 saturated heterocycles. The number of ether oxygens (including phenoxy) is 2. The standard InChI is InChI=1S/C17H25NO2/c1-2-7-15(6-1)18-12-14-5-3-8-16(11-14)20-13-17-9-4-10-19-17/h3,5,8,11,15,17-18H,1-2,4,6-7,9-10,12-13H2. The van der Waals surface area contributed by atoms with Crippen molar-refractivity contribution < 1.29 is 9.47 Å². The van der Waals surface area contributed by atoms with Gasteiger partial charge in [0, 0.05) is 19.2 Å². The summed E-state index contributed by atoms with van der Waals surface area (Å²) in [4.78, 5) is 0. The van der Waals surface area contributed by atoms with Crippen LogP contribution in [0.4, 0.5) is 0 Å². The third-order valence-electron chi connectivity index (χ3n) is 4.31. The van der Waals surface area contributed by atoms with E-state index in [9.17, 15) is 0 Å². The van der Waals surface area contributed by atoms with Gasteiger partial charge in [-0.2, -0.15) is 0 Å². The van der Waals surface area contributed by atoms with Gasteiger partial charge in [0.05, 0.1) is 6.10 Å². The van der Waals surface area contributed by atoms with E-state index in [-0.39, 0.29) is 6.10 Å². The van der Waals surface area contributed by atoms with Gasteiger partial charge in [-0.1, -0.05) is 25.0 Å². The average molecular weight is 275 g/mol. The Morgan fingerprint density at radius 1 is 1.15 bits per heavy atom. The highest BCUT2D eigenvalue weighted by Crippen LogP contribution is 2.20. The van der Waals surface area contributed by atoms with Crippen LogP contribution in [0, 0.1) is 0 Å². The molecule has 1 aliphatic carbocycles. The molecule has 1 atom stereocenters. The first-order valence-corrected chi connectivity index (χ1v) is 7.97. The second kappa shape index (κ2) is 7.09. The van der Waals surface area contributed by atoms with Crippen LogP contribution in [0.25, 0.3) is 0 Å². The topological polar surface area (TPSA) is 30.5 Å². The summed E-state index contributed by atoms with van der Waals surface area (Å²) in [5.74, 6) is 0.964. The fourth-order valence-electron chi connectivity index (χ4n) is 3.10. The second-order valence-electron chi connectivity index (χ2n) is 5.96. The number of hydrogen-bond acceptors (Lipinski definition) is 3. The fourth-order valence-corrected chi connectivity index (χ4v) is 3.10. The zero-order valence-electron chi connectivity index (χ0n) is 12.1. The molecule has 0 spiro atoms. The van der Waals surface area contributed by atoms with Crippen molar-refractivity contribution >= 4 is 0 Å². The lowest BCUT2D eigenvalue weighted by atomic mass is 10.2. The number of rotatable bonds is 6. The minimum absolute atomic E-state index is 0.287. The molecule has 0 radical (unpaired) electrons. The van der Waals surface area contributed by atoms with Crippen LogP contribution in [-0.4, -0.2) is 25.4 Å². The van der Waals surface area contributed by atoms with Crippen molar-refractivity contribution in [3.8, 4) is 5.75 Å². The molecule has 20 heavy (non-hydrogen) atoms. The lowest BCUT2D eigenvalue weighted by molar-refractivity contribution is 0.0679. The van der Waals surface area contributed by atoms with Crippen molar-refractivity contribution in [3.63, 3.8) is 0 Å². The Morgan fingerprint density at radius 2 is 2.05 bits per heavy atom. The van der Waals surface area contributed by atoms with Gasteiger partial charge >= 0.3 is 0 Å². The Labute approximate surface area is 121 Å². The first-order chi connectivity index (χ1) is 9.90. The van der Waals surface area contributed by atoms with Crippen LogP contribution in [0.15, 0.2) is 24.3 Å². The molecule has 1 N–H and O–H groups in total. The van der Waals surface area contributed by atoms with E-state index < -0.39 is 0 Å². The predicted molar refractivity (Wildman–Crippen MR) is 80.0 cm³/mol. The largest absolute Gasteiger partial charge is 0.491 e. The monoisotopic (exact) mass is 275 g/mol. The maximum atomic E-state index is 5.85. The Bertz CT molecular complexity index is 374. The molecule has 1 aromatic rings. The molecule has 1 heterocycles. The lowest BCUT2D eigenvalue weighted by Gasteiger charge is -2.14. The molecule has 2 aliphatic rings. The van der Waals surface area contributed by atoms with Crippen molar-refractivity contribution in [2.45, 2.75) is 57.2 Å². The van der Waals surface area contributed by atoms with Crippen molar-refractivity contribution in [1.29, 1.82) is 0 Å². The maximum absolute atomic E-state index is 5.85. The Balaban J connectivity index is 1.46. The van der Waals surface area contributed by atoms with Crippen molar-refractivity contribution in [2.75, 3.05) is 13.2 Å². The van der Waals surface area contributed by atoms with Gasteiger partial charge in [-0.3, -0.25) is 0 Å². The van der Waals surface area contributed by atoms with Crippen LogP contribution in [-0.2, 0) is 11.3 Å². The zero-order chi connectivity index (χ0) is 13.6. The highest BCUT2D eigenvalue weighted by molar-refractivity contribution is 5.28. The minimum atomic E-state index is 0.287. The summed E-state index contributed by atoms with van der Waals surface area (Å²) in [5, 5.41) is 3.64.